The second-order valence-corrected chi connectivity index (χ2v) is 11.1. The summed E-state index contributed by atoms with van der Waals surface area (Å²) in [5.41, 5.74) is 3.68. The third-order valence-corrected chi connectivity index (χ3v) is 7.87. The number of nitrogens with zero attached hydrogens (tertiary/aromatic N) is 3. The standard InChI is InChI=1S/C31H31FN4O3S/c1-20(2)17-33-26(37)18-35-27(38)19-40-30(22-10-7-11-23(32)16-22)28-29(21-8-5-4-6-9-21)34-36(31(28)35)24-12-14-25(39-3)15-13-24/h4-16,20,30H,17-19H2,1-3H3,(H,33,37)/t30-/m1/s1. The number of carbonyl (C=O) groups is 2. The SMILES string of the molecule is COc1ccc(-n2nc(-c3ccccc3)c3c2N(CC(=O)NCC(C)C)C(=O)CS[C@@H]3c2cccc(F)c2)cc1. The summed E-state index contributed by atoms with van der Waals surface area (Å²) in [6, 6.07) is 23.5. The van der Waals surface area contributed by atoms with E-state index in [4.69, 9.17) is 9.84 Å². The minimum atomic E-state index is -0.402. The summed E-state index contributed by atoms with van der Waals surface area (Å²) in [4.78, 5) is 28.3. The molecule has 2 heterocycles. The normalized spacial score (nSPS) is 15.1. The monoisotopic (exact) mass is 558 g/mol. The van der Waals surface area contributed by atoms with Crippen LogP contribution in [0.25, 0.3) is 16.9 Å². The summed E-state index contributed by atoms with van der Waals surface area (Å²) >= 11 is 1.41. The van der Waals surface area contributed by atoms with Crippen molar-refractivity contribution in [3.05, 3.63) is 95.8 Å². The first kappa shape index (κ1) is 27.5. The summed E-state index contributed by atoms with van der Waals surface area (Å²) < 4.78 is 21.5. The van der Waals surface area contributed by atoms with E-state index in [1.807, 2.05) is 74.5 Å². The van der Waals surface area contributed by atoms with E-state index in [-0.39, 0.29) is 35.8 Å². The second kappa shape index (κ2) is 12.0. The first-order valence-electron chi connectivity index (χ1n) is 13.1. The molecule has 0 bridgehead atoms. The van der Waals surface area contributed by atoms with Crippen LogP contribution >= 0.6 is 11.8 Å². The van der Waals surface area contributed by atoms with Crippen molar-refractivity contribution in [2.24, 2.45) is 5.92 Å². The number of methoxy groups -OCH3 is 1. The topological polar surface area (TPSA) is 76.5 Å². The maximum absolute atomic E-state index is 14.5. The number of aromatic nitrogens is 2. The largest absolute Gasteiger partial charge is 0.497 e. The number of halogens is 1. The van der Waals surface area contributed by atoms with Crippen LogP contribution in [0.15, 0.2) is 78.9 Å². The Hall–Kier alpha value is -4.11. The van der Waals surface area contributed by atoms with Crippen molar-refractivity contribution in [2.45, 2.75) is 19.1 Å². The zero-order valence-electron chi connectivity index (χ0n) is 22.6. The Bertz CT molecular complexity index is 1510. The summed E-state index contributed by atoms with van der Waals surface area (Å²) in [5.74, 6) is 0.715. The van der Waals surface area contributed by atoms with Gasteiger partial charge in [-0.15, -0.1) is 11.8 Å². The Labute approximate surface area is 237 Å². The predicted molar refractivity (Wildman–Crippen MR) is 156 cm³/mol. The van der Waals surface area contributed by atoms with Gasteiger partial charge in [0.25, 0.3) is 0 Å². The fourth-order valence-electron chi connectivity index (χ4n) is 4.68. The molecule has 0 saturated heterocycles. The van der Waals surface area contributed by atoms with Gasteiger partial charge in [0.05, 0.1) is 29.5 Å². The van der Waals surface area contributed by atoms with E-state index < -0.39 is 5.25 Å². The van der Waals surface area contributed by atoms with E-state index in [9.17, 15) is 14.0 Å². The molecular formula is C31H31FN4O3S. The lowest BCUT2D eigenvalue weighted by Crippen LogP contribution is -2.43. The number of thioether (sulfide) groups is 1. The average Bonchev–Trinajstić information content (AvgIpc) is 3.29. The van der Waals surface area contributed by atoms with Gasteiger partial charge in [-0.2, -0.15) is 5.10 Å². The van der Waals surface area contributed by atoms with Gasteiger partial charge in [0.1, 0.15) is 23.9 Å². The van der Waals surface area contributed by atoms with Crippen LogP contribution < -0.4 is 15.0 Å². The molecule has 9 heteroatoms. The van der Waals surface area contributed by atoms with Gasteiger partial charge in [-0.1, -0.05) is 56.3 Å². The number of carbonyl (C=O) groups excluding carboxylic acids is 2. The molecule has 206 valence electrons. The van der Waals surface area contributed by atoms with Gasteiger partial charge >= 0.3 is 0 Å². The van der Waals surface area contributed by atoms with E-state index in [0.29, 0.717) is 29.5 Å². The summed E-state index contributed by atoms with van der Waals surface area (Å²) in [6.07, 6.45) is 0. The fraction of sp³-hybridized carbons (Fsp3) is 0.258. The lowest BCUT2D eigenvalue weighted by atomic mass is 9.99. The Morgan fingerprint density at radius 2 is 1.85 bits per heavy atom. The third kappa shape index (κ3) is 5.74. The fourth-order valence-corrected chi connectivity index (χ4v) is 5.87. The van der Waals surface area contributed by atoms with E-state index in [2.05, 4.69) is 5.32 Å². The Morgan fingerprint density at radius 3 is 2.52 bits per heavy atom. The molecule has 0 fully saturated rings. The van der Waals surface area contributed by atoms with E-state index >= 15 is 0 Å². The van der Waals surface area contributed by atoms with E-state index in [1.54, 1.807) is 17.9 Å². The van der Waals surface area contributed by atoms with Gasteiger partial charge in [0.15, 0.2) is 0 Å². The highest BCUT2D eigenvalue weighted by atomic mass is 32.2. The quantitative estimate of drug-likeness (QED) is 0.304. The molecule has 1 aliphatic rings. The van der Waals surface area contributed by atoms with Crippen molar-refractivity contribution in [3.63, 3.8) is 0 Å². The number of fused-ring (bicyclic) bond motifs is 1. The first-order chi connectivity index (χ1) is 19.4. The Kier molecular flexibility index (Phi) is 8.21. The lowest BCUT2D eigenvalue weighted by Gasteiger charge is -2.23. The van der Waals surface area contributed by atoms with Crippen LogP contribution in [0, 0.1) is 11.7 Å². The summed E-state index contributed by atoms with van der Waals surface area (Å²) in [5, 5.41) is 7.56. The van der Waals surface area contributed by atoms with Crippen molar-refractivity contribution in [1.82, 2.24) is 15.1 Å². The minimum absolute atomic E-state index is 0.115. The third-order valence-electron chi connectivity index (χ3n) is 6.61. The van der Waals surface area contributed by atoms with Gasteiger partial charge in [0.2, 0.25) is 11.8 Å². The van der Waals surface area contributed by atoms with Crippen molar-refractivity contribution in [1.29, 1.82) is 0 Å². The number of benzene rings is 3. The molecule has 0 unspecified atom stereocenters. The highest BCUT2D eigenvalue weighted by Gasteiger charge is 2.37. The second-order valence-electron chi connectivity index (χ2n) is 9.99. The smallest absolute Gasteiger partial charge is 0.240 e. The first-order valence-corrected chi connectivity index (χ1v) is 14.2. The molecule has 0 spiro atoms. The molecule has 1 aliphatic heterocycles. The van der Waals surface area contributed by atoms with Gasteiger partial charge in [0, 0.05) is 17.7 Å². The molecule has 1 N–H and O–H groups in total. The number of hydrogen-bond acceptors (Lipinski definition) is 5. The van der Waals surface area contributed by atoms with Crippen LogP contribution in [0.2, 0.25) is 0 Å². The van der Waals surface area contributed by atoms with E-state index in [0.717, 1.165) is 16.7 Å². The summed E-state index contributed by atoms with van der Waals surface area (Å²) in [6.45, 7) is 4.37. The number of rotatable bonds is 8. The van der Waals surface area contributed by atoms with Gasteiger partial charge in [-0.25, -0.2) is 9.07 Å². The highest BCUT2D eigenvalue weighted by molar-refractivity contribution is 8.00. The number of ether oxygens (including phenoxy) is 1. The predicted octanol–water partition coefficient (Wildman–Crippen LogP) is 5.63. The molecule has 0 aliphatic carbocycles. The van der Waals surface area contributed by atoms with Gasteiger partial charge in [-0.05, 0) is 47.9 Å². The number of nitrogens with one attached hydrogen (secondary N) is 1. The Morgan fingerprint density at radius 1 is 1.10 bits per heavy atom. The molecule has 7 nitrogen and oxygen atoms in total. The molecule has 40 heavy (non-hydrogen) atoms. The molecular weight excluding hydrogens is 527 g/mol. The van der Waals surface area contributed by atoms with Crippen molar-refractivity contribution >= 4 is 29.4 Å². The number of anilines is 1. The van der Waals surface area contributed by atoms with Crippen LogP contribution in [0.4, 0.5) is 10.2 Å². The minimum Gasteiger partial charge on any atom is -0.497 e. The van der Waals surface area contributed by atoms with Crippen molar-refractivity contribution in [3.8, 4) is 22.7 Å². The van der Waals surface area contributed by atoms with Crippen LogP contribution in [-0.2, 0) is 9.59 Å². The van der Waals surface area contributed by atoms with Crippen LogP contribution in [0.1, 0.15) is 30.2 Å². The van der Waals surface area contributed by atoms with Crippen molar-refractivity contribution < 1.29 is 18.7 Å². The van der Waals surface area contributed by atoms with Crippen LogP contribution in [-0.4, -0.2) is 47.5 Å². The molecule has 5 rings (SSSR count). The maximum atomic E-state index is 14.5. The maximum Gasteiger partial charge on any atom is 0.240 e. The van der Waals surface area contributed by atoms with E-state index in [1.165, 1.54) is 28.8 Å². The molecule has 1 atom stereocenters. The van der Waals surface area contributed by atoms with Gasteiger partial charge in [-0.3, -0.25) is 14.5 Å². The van der Waals surface area contributed by atoms with Crippen molar-refractivity contribution in [2.75, 3.05) is 30.9 Å². The van der Waals surface area contributed by atoms with Crippen LogP contribution in [0.3, 0.4) is 0 Å². The van der Waals surface area contributed by atoms with Crippen LogP contribution in [0.5, 0.6) is 5.75 Å². The Balaban J connectivity index is 1.76. The summed E-state index contributed by atoms with van der Waals surface area (Å²) in [7, 11) is 1.60. The molecule has 1 aromatic heterocycles. The molecule has 0 radical (unpaired) electrons. The molecule has 2 amide bonds. The molecule has 0 saturated carbocycles. The lowest BCUT2D eigenvalue weighted by molar-refractivity contribution is -0.123. The van der Waals surface area contributed by atoms with Gasteiger partial charge < -0.3 is 10.1 Å². The molecule has 3 aromatic carbocycles. The zero-order valence-corrected chi connectivity index (χ0v) is 23.5. The average molecular weight is 559 g/mol. The zero-order chi connectivity index (χ0) is 28.2. The number of amides is 2. The number of hydrogen-bond donors (Lipinski definition) is 1. The molecule has 4 aromatic rings. The highest BCUT2D eigenvalue weighted by Crippen LogP contribution is 2.48.